The highest BCUT2D eigenvalue weighted by Gasteiger charge is 2.45. The first kappa shape index (κ1) is 36.2. The topological polar surface area (TPSA) is 25.8 Å². The van der Waals surface area contributed by atoms with Crippen molar-refractivity contribution >= 4 is 0 Å². The van der Waals surface area contributed by atoms with Crippen LogP contribution < -0.4 is 0 Å². The Kier molecular flexibility index (Phi) is 9.09. The van der Waals surface area contributed by atoms with Crippen LogP contribution in [0, 0.1) is 0 Å². The average molecular weight is 777 g/mol. The van der Waals surface area contributed by atoms with E-state index in [0.717, 1.165) is 55.9 Å². The molecule has 11 rings (SSSR count). The van der Waals surface area contributed by atoms with Crippen LogP contribution in [0.2, 0.25) is 0 Å². The molecular formula is C59H40N2. The number of aromatic nitrogens is 2. The van der Waals surface area contributed by atoms with E-state index in [9.17, 15) is 0 Å². The molecule has 61 heavy (non-hydrogen) atoms. The van der Waals surface area contributed by atoms with Gasteiger partial charge in [-0.05, 0) is 103 Å². The molecule has 2 nitrogen and oxygen atoms in total. The molecule has 0 bridgehead atoms. The molecule has 1 heterocycles. The SMILES string of the molecule is c1ccc(-c2cc(-c3cccc(-c4nc(-c5ccccc5)cc(-c5ccccc5)n4)c3)cc(-c3cccc(C4(c5ccccc5)c5ccccc5-c5ccccc54)c3)c2)cc1. The molecule has 0 radical (unpaired) electrons. The zero-order valence-electron chi connectivity index (χ0n) is 33.5. The Labute approximate surface area is 357 Å². The summed E-state index contributed by atoms with van der Waals surface area (Å²) in [5.41, 5.74) is 18.9. The Morgan fingerprint density at radius 2 is 0.623 bits per heavy atom. The molecule has 286 valence electrons. The summed E-state index contributed by atoms with van der Waals surface area (Å²) in [7, 11) is 0. The molecule has 1 aliphatic carbocycles. The van der Waals surface area contributed by atoms with Crippen LogP contribution in [0.3, 0.4) is 0 Å². The Bertz CT molecular complexity index is 3070. The lowest BCUT2D eigenvalue weighted by atomic mass is 9.67. The van der Waals surface area contributed by atoms with Gasteiger partial charge >= 0.3 is 0 Å². The molecule has 0 amide bonds. The van der Waals surface area contributed by atoms with Gasteiger partial charge in [-0.2, -0.15) is 0 Å². The van der Waals surface area contributed by atoms with E-state index in [4.69, 9.17) is 9.97 Å². The first-order valence-corrected chi connectivity index (χ1v) is 20.9. The maximum absolute atomic E-state index is 5.16. The number of benzene rings is 9. The van der Waals surface area contributed by atoms with E-state index < -0.39 is 5.41 Å². The third-order valence-electron chi connectivity index (χ3n) is 12.1. The molecule has 1 aromatic heterocycles. The van der Waals surface area contributed by atoms with Crippen molar-refractivity contribution in [1.29, 1.82) is 0 Å². The summed E-state index contributed by atoms with van der Waals surface area (Å²) in [4.78, 5) is 10.3. The average Bonchev–Trinajstić information content (AvgIpc) is 3.66. The Morgan fingerprint density at radius 3 is 1.18 bits per heavy atom. The highest BCUT2D eigenvalue weighted by molar-refractivity contribution is 5.88. The third-order valence-corrected chi connectivity index (χ3v) is 12.1. The molecule has 0 saturated carbocycles. The minimum Gasteiger partial charge on any atom is -0.228 e. The smallest absolute Gasteiger partial charge is 0.160 e. The summed E-state index contributed by atoms with van der Waals surface area (Å²) >= 11 is 0. The van der Waals surface area contributed by atoms with Gasteiger partial charge in [0.05, 0.1) is 16.8 Å². The molecule has 0 atom stereocenters. The maximum atomic E-state index is 5.16. The second-order valence-corrected chi connectivity index (χ2v) is 15.7. The van der Waals surface area contributed by atoms with Gasteiger partial charge in [0.1, 0.15) is 0 Å². The van der Waals surface area contributed by atoms with Crippen LogP contribution in [0.25, 0.3) is 78.4 Å². The van der Waals surface area contributed by atoms with E-state index in [-0.39, 0.29) is 0 Å². The molecular weight excluding hydrogens is 737 g/mol. The molecule has 0 saturated heterocycles. The van der Waals surface area contributed by atoms with E-state index in [1.165, 1.54) is 38.9 Å². The zero-order valence-corrected chi connectivity index (χ0v) is 33.5. The fourth-order valence-electron chi connectivity index (χ4n) is 9.33. The lowest BCUT2D eigenvalue weighted by Crippen LogP contribution is -2.28. The predicted octanol–water partition coefficient (Wildman–Crippen LogP) is 14.8. The normalized spacial score (nSPS) is 12.4. The highest BCUT2D eigenvalue weighted by Crippen LogP contribution is 2.56. The monoisotopic (exact) mass is 776 g/mol. The van der Waals surface area contributed by atoms with E-state index in [0.29, 0.717) is 5.82 Å². The largest absolute Gasteiger partial charge is 0.228 e. The zero-order chi connectivity index (χ0) is 40.6. The van der Waals surface area contributed by atoms with Crippen LogP contribution in [0.5, 0.6) is 0 Å². The van der Waals surface area contributed by atoms with Crippen molar-refractivity contribution in [2.24, 2.45) is 0 Å². The first-order valence-electron chi connectivity index (χ1n) is 20.9. The lowest BCUT2D eigenvalue weighted by Gasteiger charge is -2.34. The molecule has 0 aliphatic heterocycles. The van der Waals surface area contributed by atoms with E-state index in [1.807, 2.05) is 12.1 Å². The van der Waals surface area contributed by atoms with Gasteiger partial charge in [0.25, 0.3) is 0 Å². The van der Waals surface area contributed by atoms with Crippen LogP contribution in [-0.2, 0) is 5.41 Å². The number of fused-ring (bicyclic) bond motifs is 3. The van der Waals surface area contributed by atoms with Gasteiger partial charge in [-0.3, -0.25) is 0 Å². The molecule has 0 fully saturated rings. The van der Waals surface area contributed by atoms with E-state index >= 15 is 0 Å². The summed E-state index contributed by atoms with van der Waals surface area (Å²) in [5.74, 6) is 0.692. The summed E-state index contributed by atoms with van der Waals surface area (Å²) in [5, 5.41) is 0. The van der Waals surface area contributed by atoms with Gasteiger partial charge in [0.2, 0.25) is 0 Å². The van der Waals surface area contributed by atoms with Crippen molar-refractivity contribution in [2.45, 2.75) is 5.41 Å². The molecule has 9 aromatic carbocycles. The molecule has 0 unspecified atom stereocenters. The molecule has 0 spiro atoms. The van der Waals surface area contributed by atoms with Gasteiger partial charge < -0.3 is 0 Å². The highest BCUT2D eigenvalue weighted by atomic mass is 14.9. The lowest BCUT2D eigenvalue weighted by molar-refractivity contribution is 0.769. The van der Waals surface area contributed by atoms with Crippen molar-refractivity contribution in [3.8, 4) is 78.4 Å². The fraction of sp³-hybridized carbons (Fsp3) is 0.0169. The van der Waals surface area contributed by atoms with Crippen molar-refractivity contribution in [3.63, 3.8) is 0 Å². The molecule has 10 aromatic rings. The van der Waals surface area contributed by atoms with Gasteiger partial charge in [-0.15, -0.1) is 0 Å². The van der Waals surface area contributed by atoms with Crippen molar-refractivity contribution in [1.82, 2.24) is 9.97 Å². The van der Waals surface area contributed by atoms with Crippen molar-refractivity contribution in [3.05, 3.63) is 265 Å². The fourth-order valence-corrected chi connectivity index (χ4v) is 9.33. The number of hydrogen-bond acceptors (Lipinski definition) is 2. The van der Waals surface area contributed by atoms with Gasteiger partial charge in [-0.1, -0.05) is 206 Å². The molecule has 2 heteroatoms. The van der Waals surface area contributed by atoms with Gasteiger partial charge in [0.15, 0.2) is 5.82 Å². The quantitative estimate of drug-likeness (QED) is 0.154. The maximum Gasteiger partial charge on any atom is 0.160 e. The summed E-state index contributed by atoms with van der Waals surface area (Å²) in [6.45, 7) is 0. The summed E-state index contributed by atoms with van der Waals surface area (Å²) < 4.78 is 0. The minimum atomic E-state index is -0.481. The summed E-state index contributed by atoms with van der Waals surface area (Å²) in [6.07, 6.45) is 0. The Hall–Kier alpha value is -7.94. The Morgan fingerprint density at radius 1 is 0.246 bits per heavy atom. The van der Waals surface area contributed by atoms with E-state index in [2.05, 4.69) is 231 Å². The van der Waals surface area contributed by atoms with Crippen LogP contribution in [0.1, 0.15) is 22.3 Å². The predicted molar refractivity (Wildman–Crippen MR) is 252 cm³/mol. The third kappa shape index (κ3) is 6.46. The second-order valence-electron chi connectivity index (χ2n) is 15.7. The van der Waals surface area contributed by atoms with Crippen LogP contribution >= 0.6 is 0 Å². The van der Waals surface area contributed by atoms with Crippen LogP contribution in [0.4, 0.5) is 0 Å². The Balaban J connectivity index is 1.08. The number of rotatable bonds is 8. The number of hydrogen-bond donors (Lipinski definition) is 0. The van der Waals surface area contributed by atoms with Crippen LogP contribution in [-0.4, -0.2) is 9.97 Å². The first-order chi connectivity index (χ1) is 30.2. The van der Waals surface area contributed by atoms with Crippen molar-refractivity contribution in [2.75, 3.05) is 0 Å². The van der Waals surface area contributed by atoms with E-state index in [1.54, 1.807) is 0 Å². The van der Waals surface area contributed by atoms with Crippen LogP contribution in [0.15, 0.2) is 243 Å². The number of nitrogens with zero attached hydrogens (tertiary/aromatic N) is 2. The van der Waals surface area contributed by atoms with Crippen molar-refractivity contribution < 1.29 is 0 Å². The summed E-state index contributed by atoms with van der Waals surface area (Å²) in [6, 6.07) is 87.3. The van der Waals surface area contributed by atoms with Gasteiger partial charge in [0, 0.05) is 16.7 Å². The molecule has 0 N–H and O–H groups in total. The second kappa shape index (κ2) is 15.3. The minimum absolute atomic E-state index is 0.481. The van der Waals surface area contributed by atoms with Gasteiger partial charge in [-0.25, -0.2) is 9.97 Å². The standard InChI is InChI=1S/C59H40N2/c1-5-19-41(20-6-1)47-36-48(44-25-17-27-46(35-44)58-60-56(42-21-7-2-8-22-42)40-57(61-58)43-23-9-3-10-24-43)38-49(37-47)45-26-18-30-51(39-45)59(50-28-11-4-12-29-50)54-33-15-13-31-52(54)53-32-14-16-34-55(53)59/h1-40H. The molecule has 1 aliphatic rings.